The lowest BCUT2D eigenvalue weighted by atomic mass is 9.77. The molecule has 1 aromatic heterocycles. The van der Waals surface area contributed by atoms with Gasteiger partial charge < -0.3 is 14.2 Å². The van der Waals surface area contributed by atoms with Crippen molar-refractivity contribution in [3.63, 3.8) is 0 Å². The molecule has 182 valence electrons. The Morgan fingerprint density at radius 2 is 1.38 bits per heavy atom. The first-order chi connectivity index (χ1) is 15.3. The number of nitrogens with zero attached hydrogens (tertiary/aromatic N) is 1. The Bertz CT molecular complexity index is 665. The first-order valence-corrected chi connectivity index (χ1v) is 12.0. The molecule has 1 aromatic rings. The van der Waals surface area contributed by atoms with Crippen molar-refractivity contribution in [2.45, 2.75) is 92.1 Å². The van der Waals surface area contributed by atoms with Crippen LogP contribution in [0.15, 0.2) is 24.5 Å². The highest BCUT2D eigenvalue weighted by Gasteiger charge is 2.36. The van der Waals surface area contributed by atoms with E-state index in [4.69, 9.17) is 14.2 Å². The highest BCUT2D eigenvalue weighted by molar-refractivity contribution is 5.77. The fourth-order valence-electron chi connectivity index (χ4n) is 4.00. The van der Waals surface area contributed by atoms with E-state index >= 15 is 0 Å². The minimum atomic E-state index is -0.511. The van der Waals surface area contributed by atoms with Crippen LogP contribution in [0.1, 0.15) is 91.0 Å². The molecule has 2 atom stereocenters. The van der Waals surface area contributed by atoms with Crippen LogP contribution in [0.3, 0.4) is 0 Å². The number of hydrogen-bond acceptors (Lipinski definition) is 6. The summed E-state index contributed by atoms with van der Waals surface area (Å²) in [4.78, 5) is 29.6. The highest BCUT2D eigenvalue weighted by Crippen LogP contribution is 2.36. The largest absolute Gasteiger partial charge is 0.463 e. The number of unbranched alkanes of at least 4 members (excludes halogenated alkanes) is 2. The van der Waals surface area contributed by atoms with Crippen molar-refractivity contribution in [1.29, 1.82) is 0 Å². The molecule has 0 fully saturated rings. The van der Waals surface area contributed by atoms with E-state index < -0.39 is 10.8 Å². The molecule has 0 N–H and O–H groups in total. The molecule has 0 amide bonds. The normalized spacial score (nSPS) is 14.9. The third kappa shape index (κ3) is 9.68. The average Bonchev–Trinajstić information content (AvgIpc) is 2.80. The third-order valence-corrected chi connectivity index (χ3v) is 6.22. The molecule has 2 unspecified atom stereocenters. The van der Waals surface area contributed by atoms with Gasteiger partial charge in [-0.05, 0) is 57.2 Å². The van der Waals surface area contributed by atoms with Crippen LogP contribution < -0.4 is 0 Å². The maximum Gasteiger partial charge on any atom is 0.312 e. The van der Waals surface area contributed by atoms with E-state index in [1.54, 1.807) is 19.5 Å². The van der Waals surface area contributed by atoms with Crippen molar-refractivity contribution in [3.05, 3.63) is 30.1 Å². The van der Waals surface area contributed by atoms with Gasteiger partial charge in [0.15, 0.2) is 0 Å². The van der Waals surface area contributed by atoms with Crippen LogP contribution in [0.25, 0.3) is 0 Å². The summed E-state index contributed by atoms with van der Waals surface area (Å²) in [6, 6.07) is 3.72. The van der Waals surface area contributed by atoms with Crippen LogP contribution in [0.5, 0.6) is 0 Å². The van der Waals surface area contributed by atoms with Crippen LogP contribution in [0.2, 0.25) is 0 Å². The van der Waals surface area contributed by atoms with Gasteiger partial charge in [-0.1, -0.05) is 46.0 Å². The molecule has 0 saturated carbocycles. The number of rotatable bonds is 17. The second-order valence-electron chi connectivity index (χ2n) is 9.24. The number of methoxy groups -OCH3 is 1. The zero-order valence-corrected chi connectivity index (χ0v) is 20.8. The zero-order chi connectivity index (χ0) is 23.9. The molecular weight excluding hydrogens is 406 g/mol. The van der Waals surface area contributed by atoms with Gasteiger partial charge in [-0.3, -0.25) is 14.6 Å². The standard InChI is InChI=1S/C26H43NO5/c1-6-8-14-26(4,24(29)32-21-22-11-17-27-18-12-22)16-10-9-15-25(3,13-7-2)23(28)31-20-19-30-5/h11-12,17-18H,6-10,13-16,19-21H2,1-5H3. The second kappa shape index (κ2) is 15.0. The summed E-state index contributed by atoms with van der Waals surface area (Å²) >= 11 is 0. The fraction of sp³-hybridized carbons (Fsp3) is 0.731. The first-order valence-electron chi connectivity index (χ1n) is 12.0. The quantitative estimate of drug-likeness (QED) is 0.218. The average molecular weight is 450 g/mol. The van der Waals surface area contributed by atoms with Gasteiger partial charge in [-0.15, -0.1) is 0 Å². The summed E-state index contributed by atoms with van der Waals surface area (Å²) in [6.45, 7) is 9.19. The Labute approximate surface area is 194 Å². The molecule has 1 heterocycles. The zero-order valence-electron chi connectivity index (χ0n) is 20.8. The first kappa shape index (κ1) is 28.1. The van der Waals surface area contributed by atoms with E-state index in [0.717, 1.165) is 63.4 Å². The van der Waals surface area contributed by atoms with Crippen molar-refractivity contribution in [2.75, 3.05) is 20.3 Å². The summed E-state index contributed by atoms with van der Waals surface area (Å²) in [7, 11) is 1.59. The summed E-state index contributed by atoms with van der Waals surface area (Å²) in [6.07, 6.45) is 11.2. The fourth-order valence-corrected chi connectivity index (χ4v) is 4.00. The Hall–Kier alpha value is -1.95. The Balaban J connectivity index is 2.64. The molecule has 0 radical (unpaired) electrons. The van der Waals surface area contributed by atoms with Gasteiger partial charge >= 0.3 is 11.9 Å². The molecule has 0 saturated heterocycles. The third-order valence-electron chi connectivity index (χ3n) is 6.22. The lowest BCUT2D eigenvalue weighted by molar-refractivity contribution is -0.159. The van der Waals surface area contributed by atoms with E-state index in [1.807, 2.05) is 26.0 Å². The maximum absolute atomic E-state index is 13.0. The molecule has 0 aromatic carbocycles. The lowest BCUT2D eigenvalue weighted by Gasteiger charge is -2.29. The predicted octanol–water partition coefficient (Wildman–Crippen LogP) is 5.88. The van der Waals surface area contributed by atoms with E-state index in [9.17, 15) is 9.59 Å². The molecule has 6 nitrogen and oxygen atoms in total. The smallest absolute Gasteiger partial charge is 0.312 e. The number of carbonyl (C=O) groups excluding carboxylic acids is 2. The van der Waals surface area contributed by atoms with E-state index in [0.29, 0.717) is 6.61 Å². The number of ether oxygens (including phenoxy) is 3. The van der Waals surface area contributed by atoms with Crippen molar-refractivity contribution in [3.8, 4) is 0 Å². The lowest BCUT2D eigenvalue weighted by Crippen LogP contribution is -2.32. The van der Waals surface area contributed by atoms with Crippen LogP contribution in [0.4, 0.5) is 0 Å². The van der Waals surface area contributed by atoms with E-state index in [-0.39, 0.29) is 25.2 Å². The number of esters is 2. The number of pyridine rings is 1. The number of carbonyl (C=O) groups is 2. The molecule has 0 aliphatic heterocycles. The summed E-state index contributed by atoms with van der Waals surface area (Å²) in [5, 5.41) is 0. The van der Waals surface area contributed by atoms with E-state index in [2.05, 4.69) is 18.8 Å². The van der Waals surface area contributed by atoms with Crippen LogP contribution in [0, 0.1) is 10.8 Å². The Morgan fingerprint density at radius 3 is 1.94 bits per heavy atom. The van der Waals surface area contributed by atoms with Crippen molar-refractivity contribution in [2.24, 2.45) is 10.8 Å². The monoisotopic (exact) mass is 449 g/mol. The van der Waals surface area contributed by atoms with E-state index in [1.165, 1.54) is 0 Å². The van der Waals surface area contributed by atoms with Crippen LogP contribution >= 0.6 is 0 Å². The number of hydrogen-bond donors (Lipinski definition) is 0. The van der Waals surface area contributed by atoms with Crippen molar-refractivity contribution >= 4 is 11.9 Å². The van der Waals surface area contributed by atoms with Gasteiger partial charge in [-0.2, -0.15) is 0 Å². The van der Waals surface area contributed by atoms with Gasteiger partial charge in [-0.25, -0.2) is 0 Å². The topological polar surface area (TPSA) is 74.7 Å². The molecular formula is C26H43NO5. The minimum Gasteiger partial charge on any atom is -0.463 e. The van der Waals surface area contributed by atoms with Gasteiger partial charge in [0.1, 0.15) is 13.2 Å². The molecule has 0 spiro atoms. The van der Waals surface area contributed by atoms with Crippen molar-refractivity contribution < 1.29 is 23.8 Å². The summed E-state index contributed by atoms with van der Waals surface area (Å²) < 4.78 is 16.1. The van der Waals surface area contributed by atoms with Crippen molar-refractivity contribution in [1.82, 2.24) is 4.98 Å². The minimum absolute atomic E-state index is 0.141. The molecule has 6 heteroatoms. The molecule has 0 aliphatic rings. The Kier molecular flexibility index (Phi) is 13.2. The SMILES string of the molecule is CCCCC(C)(CCCCC(C)(CCC)C(=O)OCCOC)C(=O)OCc1ccncc1. The summed E-state index contributed by atoms with van der Waals surface area (Å²) in [5.74, 6) is -0.292. The Morgan fingerprint density at radius 1 is 0.812 bits per heavy atom. The number of aromatic nitrogens is 1. The van der Waals surface area contributed by atoms with Gasteiger partial charge in [0, 0.05) is 19.5 Å². The molecule has 32 heavy (non-hydrogen) atoms. The van der Waals surface area contributed by atoms with Crippen LogP contribution in [-0.4, -0.2) is 37.2 Å². The predicted molar refractivity (Wildman–Crippen MR) is 126 cm³/mol. The second-order valence-corrected chi connectivity index (χ2v) is 9.24. The van der Waals surface area contributed by atoms with Gasteiger partial charge in [0.05, 0.1) is 17.4 Å². The summed E-state index contributed by atoms with van der Waals surface area (Å²) in [5.41, 5.74) is -0.0682. The molecule has 0 bridgehead atoms. The molecule has 1 rings (SSSR count). The van der Waals surface area contributed by atoms with Gasteiger partial charge in [0.25, 0.3) is 0 Å². The van der Waals surface area contributed by atoms with Crippen LogP contribution in [-0.2, 0) is 30.4 Å². The molecule has 0 aliphatic carbocycles. The maximum atomic E-state index is 13.0. The van der Waals surface area contributed by atoms with Gasteiger partial charge in [0.2, 0.25) is 0 Å². The highest BCUT2D eigenvalue weighted by atomic mass is 16.6.